The number of aryl methyl sites for hydroxylation is 1. The largest absolute Gasteiger partial charge is 0.382 e. The molecule has 0 unspecified atom stereocenters. The summed E-state index contributed by atoms with van der Waals surface area (Å²) in [6.07, 6.45) is 10.5. The smallest absolute Gasteiger partial charge is 0.0950 e. The summed E-state index contributed by atoms with van der Waals surface area (Å²) in [6, 6.07) is 7.26. The Morgan fingerprint density at radius 2 is 2.09 bits per heavy atom. The molecule has 4 nitrogen and oxygen atoms in total. The highest BCUT2D eigenvalue weighted by molar-refractivity contribution is 7.97. The first-order chi connectivity index (χ1) is 11.3. The van der Waals surface area contributed by atoms with Crippen LogP contribution in [0.4, 0.5) is 5.69 Å². The third kappa shape index (κ3) is 3.90. The number of aromatic nitrogens is 2. The van der Waals surface area contributed by atoms with Gasteiger partial charge in [-0.2, -0.15) is 0 Å². The molecule has 0 atom stereocenters. The molecular formula is C18H26N4S. The summed E-state index contributed by atoms with van der Waals surface area (Å²) in [7, 11) is 1.95. The molecule has 2 aromatic rings. The van der Waals surface area contributed by atoms with Crippen molar-refractivity contribution in [2.45, 2.75) is 56.5 Å². The van der Waals surface area contributed by atoms with Crippen LogP contribution in [0.15, 0.2) is 35.6 Å². The molecule has 0 spiro atoms. The van der Waals surface area contributed by atoms with E-state index >= 15 is 0 Å². The molecular weight excluding hydrogens is 304 g/mol. The van der Waals surface area contributed by atoms with Crippen molar-refractivity contribution >= 4 is 17.6 Å². The summed E-state index contributed by atoms with van der Waals surface area (Å²) in [5.74, 6) is 0. The first kappa shape index (κ1) is 16.4. The van der Waals surface area contributed by atoms with Gasteiger partial charge in [-0.05, 0) is 57.0 Å². The zero-order valence-corrected chi connectivity index (χ0v) is 14.8. The molecule has 0 saturated heterocycles. The molecule has 1 heterocycles. The van der Waals surface area contributed by atoms with Crippen molar-refractivity contribution in [2.24, 2.45) is 0 Å². The average molecular weight is 331 g/mol. The lowest BCUT2D eigenvalue weighted by Gasteiger charge is -2.25. The highest BCUT2D eigenvalue weighted by Crippen LogP contribution is 2.33. The molecule has 5 heteroatoms. The monoisotopic (exact) mass is 330 g/mol. The van der Waals surface area contributed by atoms with E-state index in [9.17, 15) is 0 Å². The number of hydrogen-bond acceptors (Lipinski definition) is 4. The quantitative estimate of drug-likeness (QED) is 0.763. The number of nitrogens with one attached hydrogen (secondary N) is 2. The Morgan fingerprint density at radius 3 is 2.83 bits per heavy atom. The highest BCUT2D eigenvalue weighted by atomic mass is 32.2. The second-order valence-electron chi connectivity index (χ2n) is 6.06. The van der Waals surface area contributed by atoms with E-state index in [0.717, 1.165) is 6.54 Å². The summed E-state index contributed by atoms with van der Waals surface area (Å²) < 4.78 is 5.36. The van der Waals surface area contributed by atoms with Gasteiger partial charge in [0.1, 0.15) is 0 Å². The third-order valence-electron chi connectivity index (χ3n) is 4.50. The second kappa shape index (κ2) is 7.88. The number of hydrogen-bond donors (Lipinski definition) is 2. The van der Waals surface area contributed by atoms with Crippen LogP contribution in [-0.4, -0.2) is 22.6 Å². The summed E-state index contributed by atoms with van der Waals surface area (Å²) in [5, 5.41) is 3.79. The molecule has 124 valence electrons. The van der Waals surface area contributed by atoms with E-state index in [-0.39, 0.29) is 0 Å². The molecule has 1 aromatic heterocycles. The minimum Gasteiger partial charge on any atom is -0.382 e. The van der Waals surface area contributed by atoms with Crippen LogP contribution >= 0.6 is 11.9 Å². The van der Waals surface area contributed by atoms with Crippen molar-refractivity contribution in [1.29, 1.82) is 0 Å². The van der Waals surface area contributed by atoms with Crippen LogP contribution in [0, 0.1) is 0 Å². The molecule has 1 aliphatic carbocycles. The third-order valence-corrected chi connectivity index (χ3v) is 5.20. The van der Waals surface area contributed by atoms with Gasteiger partial charge in [-0.3, -0.25) is 4.72 Å². The molecule has 1 aromatic carbocycles. The Morgan fingerprint density at radius 1 is 1.26 bits per heavy atom. The van der Waals surface area contributed by atoms with Crippen molar-refractivity contribution in [1.82, 2.24) is 14.3 Å². The number of imidazole rings is 1. The maximum absolute atomic E-state index is 4.35. The fraction of sp³-hybridized carbons (Fsp3) is 0.500. The van der Waals surface area contributed by atoms with Gasteiger partial charge < -0.3 is 9.88 Å². The van der Waals surface area contributed by atoms with Gasteiger partial charge >= 0.3 is 0 Å². The SMILES string of the molecule is CCn1cncc1-c1cc(SNC)ccc1NC1CCCCC1. The van der Waals surface area contributed by atoms with Gasteiger partial charge in [0.2, 0.25) is 0 Å². The predicted molar refractivity (Wildman–Crippen MR) is 98.7 cm³/mol. The molecule has 2 N–H and O–H groups in total. The normalized spacial score (nSPS) is 15.7. The molecule has 1 saturated carbocycles. The van der Waals surface area contributed by atoms with E-state index < -0.39 is 0 Å². The predicted octanol–water partition coefficient (Wildman–Crippen LogP) is 4.54. The summed E-state index contributed by atoms with van der Waals surface area (Å²) in [5.41, 5.74) is 3.66. The Hall–Kier alpha value is -1.46. The number of benzene rings is 1. The van der Waals surface area contributed by atoms with Crippen LogP contribution in [0.25, 0.3) is 11.3 Å². The Balaban J connectivity index is 1.93. The summed E-state index contributed by atoms with van der Waals surface area (Å²) in [6.45, 7) is 3.09. The van der Waals surface area contributed by atoms with E-state index in [1.54, 1.807) is 11.9 Å². The summed E-state index contributed by atoms with van der Waals surface area (Å²) in [4.78, 5) is 5.57. The van der Waals surface area contributed by atoms with Gasteiger partial charge in [0.15, 0.2) is 0 Å². The first-order valence-corrected chi connectivity index (χ1v) is 9.38. The number of nitrogens with zero attached hydrogens (tertiary/aromatic N) is 2. The van der Waals surface area contributed by atoms with Gasteiger partial charge in [0, 0.05) is 28.7 Å². The van der Waals surface area contributed by atoms with Gasteiger partial charge in [0.05, 0.1) is 18.2 Å². The summed E-state index contributed by atoms with van der Waals surface area (Å²) >= 11 is 1.65. The Bertz CT molecular complexity index is 632. The van der Waals surface area contributed by atoms with E-state index in [4.69, 9.17) is 0 Å². The minimum absolute atomic E-state index is 0.600. The van der Waals surface area contributed by atoms with Crippen molar-refractivity contribution in [2.75, 3.05) is 12.4 Å². The van der Waals surface area contributed by atoms with Gasteiger partial charge in [0.25, 0.3) is 0 Å². The molecule has 0 aliphatic heterocycles. The topological polar surface area (TPSA) is 41.9 Å². The minimum atomic E-state index is 0.600. The second-order valence-corrected chi connectivity index (χ2v) is 7.14. The molecule has 23 heavy (non-hydrogen) atoms. The zero-order valence-electron chi connectivity index (χ0n) is 14.0. The Kier molecular flexibility index (Phi) is 5.62. The van der Waals surface area contributed by atoms with Crippen molar-refractivity contribution in [3.63, 3.8) is 0 Å². The van der Waals surface area contributed by atoms with Crippen molar-refractivity contribution < 1.29 is 0 Å². The molecule has 1 fully saturated rings. The fourth-order valence-electron chi connectivity index (χ4n) is 3.31. The fourth-order valence-corrected chi connectivity index (χ4v) is 3.85. The van der Waals surface area contributed by atoms with Crippen LogP contribution in [0.1, 0.15) is 39.0 Å². The van der Waals surface area contributed by atoms with Gasteiger partial charge in [-0.25, -0.2) is 4.98 Å². The molecule has 0 bridgehead atoms. The highest BCUT2D eigenvalue weighted by Gasteiger charge is 2.17. The standard InChI is InChI=1S/C18H26N4S/c1-3-22-13-20-12-18(22)16-11-15(23-19-2)9-10-17(16)21-14-7-5-4-6-8-14/h9-14,19,21H,3-8H2,1-2H3. The van der Waals surface area contributed by atoms with Crippen LogP contribution in [0.2, 0.25) is 0 Å². The Labute approximate surface area is 143 Å². The molecule has 3 rings (SSSR count). The van der Waals surface area contributed by atoms with Crippen LogP contribution < -0.4 is 10.0 Å². The number of rotatable bonds is 6. The lowest BCUT2D eigenvalue weighted by molar-refractivity contribution is 0.463. The molecule has 0 radical (unpaired) electrons. The van der Waals surface area contributed by atoms with Crippen LogP contribution in [-0.2, 0) is 6.54 Å². The zero-order chi connectivity index (χ0) is 16.1. The lowest BCUT2D eigenvalue weighted by Crippen LogP contribution is -2.22. The first-order valence-electron chi connectivity index (χ1n) is 8.56. The van der Waals surface area contributed by atoms with Gasteiger partial charge in [-0.1, -0.05) is 19.3 Å². The average Bonchev–Trinajstić information content (AvgIpc) is 3.06. The maximum atomic E-state index is 4.35. The maximum Gasteiger partial charge on any atom is 0.0950 e. The van der Waals surface area contributed by atoms with Crippen molar-refractivity contribution in [3.05, 3.63) is 30.7 Å². The lowest BCUT2D eigenvalue weighted by atomic mass is 9.95. The van der Waals surface area contributed by atoms with E-state index in [1.807, 2.05) is 19.6 Å². The van der Waals surface area contributed by atoms with Gasteiger partial charge in [-0.15, -0.1) is 0 Å². The van der Waals surface area contributed by atoms with E-state index in [0.29, 0.717) is 6.04 Å². The molecule has 0 amide bonds. The van der Waals surface area contributed by atoms with E-state index in [2.05, 4.69) is 44.7 Å². The van der Waals surface area contributed by atoms with Crippen molar-refractivity contribution in [3.8, 4) is 11.3 Å². The van der Waals surface area contributed by atoms with E-state index in [1.165, 1.54) is 53.9 Å². The molecule has 1 aliphatic rings. The van der Waals surface area contributed by atoms with Crippen LogP contribution in [0.3, 0.4) is 0 Å². The van der Waals surface area contributed by atoms with Crippen LogP contribution in [0.5, 0.6) is 0 Å². The number of anilines is 1.